The summed E-state index contributed by atoms with van der Waals surface area (Å²) < 4.78 is 34.2. The maximum atomic E-state index is 12.6. The maximum absolute atomic E-state index is 12.6. The quantitative estimate of drug-likeness (QED) is 0.0223. The molecule has 0 rings (SSSR count). The van der Waals surface area contributed by atoms with E-state index in [1.165, 1.54) is 77.0 Å². The van der Waals surface area contributed by atoms with Crippen molar-refractivity contribution in [3.63, 3.8) is 0 Å². The fourth-order valence-corrected chi connectivity index (χ4v) is 6.01. The van der Waals surface area contributed by atoms with Crippen LogP contribution in [0.15, 0.2) is 24.3 Å². The van der Waals surface area contributed by atoms with Crippen molar-refractivity contribution in [3.05, 3.63) is 24.3 Å². The first-order valence-electron chi connectivity index (χ1n) is 20.1. The van der Waals surface area contributed by atoms with Gasteiger partial charge in [-0.15, -0.1) is 0 Å². The van der Waals surface area contributed by atoms with E-state index in [0.717, 1.165) is 57.8 Å². The second-order valence-electron chi connectivity index (χ2n) is 14.7. The Morgan fingerprint density at radius 3 is 1.64 bits per heavy atom. The van der Waals surface area contributed by atoms with Gasteiger partial charge in [0.2, 0.25) is 0 Å². The summed E-state index contributed by atoms with van der Waals surface area (Å²) in [5.74, 6) is -0.813. The Labute approximate surface area is 307 Å². The minimum absolute atomic E-state index is 0.0309. The number of unbranched alkanes of at least 4 members (excludes halogenated alkanes) is 18. The van der Waals surface area contributed by atoms with Gasteiger partial charge in [-0.2, -0.15) is 0 Å². The summed E-state index contributed by atoms with van der Waals surface area (Å²) in [5.41, 5.74) is 0. The number of carbonyl (C=O) groups excluding carboxylic acids is 2. The monoisotopic (exact) mass is 731 g/mol. The summed E-state index contributed by atoms with van der Waals surface area (Å²) >= 11 is 0. The molecule has 0 aliphatic rings. The van der Waals surface area contributed by atoms with E-state index in [4.69, 9.17) is 18.5 Å². The number of phosphoric acid groups is 1. The molecular weight excluding hydrogens is 653 g/mol. The first kappa shape index (κ1) is 48.5. The van der Waals surface area contributed by atoms with Gasteiger partial charge in [0.1, 0.15) is 19.8 Å². The standard InChI is InChI=1S/C40H76NO8P/c1-6-8-10-12-14-16-18-20-21-23-24-26-28-30-32-39(42)46-36-38(37-48-50(44,45)47-35-34-41(3,4)5)49-40(43)33-31-29-27-25-22-19-17-15-13-11-9-7-2/h12,14,18,20,38H,6-11,13,15-17,19,21-37H2,1-5H3/p+1/b14-12+,20-18+/t38-/m1/s1. The molecule has 1 unspecified atom stereocenters. The molecule has 0 radical (unpaired) electrons. The van der Waals surface area contributed by atoms with Gasteiger partial charge in [-0.05, 0) is 38.5 Å². The highest BCUT2D eigenvalue weighted by Gasteiger charge is 2.27. The lowest BCUT2D eigenvalue weighted by molar-refractivity contribution is -0.870. The zero-order chi connectivity index (χ0) is 37.2. The molecule has 0 fully saturated rings. The molecule has 0 aromatic rings. The van der Waals surface area contributed by atoms with Gasteiger partial charge in [0.25, 0.3) is 0 Å². The number of likely N-dealkylation sites (N-methyl/N-ethyl adjacent to an activating group) is 1. The van der Waals surface area contributed by atoms with Gasteiger partial charge < -0.3 is 18.9 Å². The lowest BCUT2D eigenvalue weighted by atomic mass is 10.0. The van der Waals surface area contributed by atoms with Crippen molar-refractivity contribution in [2.75, 3.05) is 47.5 Å². The molecule has 294 valence electrons. The van der Waals surface area contributed by atoms with Gasteiger partial charge >= 0.3 is 19.8 Å². The molecule has 0 amide bonds. The molecule has 0 aromatic heterocycles. The number of quaternary nitrogens is 1. The summed E-state index contributed by atoms with van der Waals surface area (Å²) in [7, 11) is 1.47. The van der Waals surface area contributed by atoms with Gasteiger partial charge in [0.05, 0.1) is 27.7 Å². The normalized spacial score (nSPS) is 14.0. The van der Waals surface area contributed by atoms with Crippen molar-refractivity contribution in [3.8, 4) is 0 Å². The highest BCUT2D eigenvalue weighted by Crippen LogP contribution is 2.43. The van der Waals surface area contributed by atoms with Gasteiger partial charge in [-0.3, -0.25) is 18.6 Å². The Morgan fingerprint density at radius 2 is 1.10 bits per heavy atom. The van der Waals surface area contributed by atoms with E-state index in [1.54, 1.807) is 0 Å². The SMILES string of the molecule is CCCC/C=C/C/C=C/CCCCCCCC(=O)OC[C@H](COP(=O)(O)OCC[N+](C)(C)C)OC(=O)CCCCCCCCCCCCCC. The molecule has 0 spiro atoms. The van der Waals surface area contributed by atoms with Crippen LogP contribution in [0.3, 0.4) is 0 Å². The van der Waals surface area contributed by atoms with Gasteiger partial charge in [-0.25, -0.2) is 4.57 Å². The topological polar surface area (TPSA) is 108 Å². The molecule has 0 bridgehead atoms. The molecule has 2 atom stereocenters. The molecule has 0 saturated heterocycles. The third-order valence-electron chi connectivity index (χ3n) is 8.48. The van der Waals surface area contributed by atoms with Crippen LogP contribution in [0, 0.1) is 0 Å². The van der Waals surface area contributed by atoms with Crippen LogP contribution in [0.5, 0.6) is 0 Å². The summed E-state index contributed by atoms with van der Waals surface area (Å²) in [4.78, 5) is 35.2. The molecule has 0 saturated carbocycles. The van der Waals surface area contributed by atoms with Gasteiger partial charge in [0.15, 0.2) is 6.10 Å². The Morgan fingerprint density at radius 1 is 0.620 bits per heavy atom. The number of allylic oxidation sites excluding steroid dienone is 4. The summed E-state index contributed by atoms with van der Waals surface area (Å²) in [6.07, 6.45) is 33.6. The van der Waals surface area contributed by atoms with Crippen LogP contribution >= 0.6 is 7.82 Å². The minimum Gasteiger partial charge on any atom is -0.462 e. The van der Waals surface area contributed by atoms with Crippen LogP contribution in [-0.2, 0) is 32.7 Å². The highest BCUT2D eigenvalue weighted by atomic mass is 31.2. The van der Waals surface area contributed by atoms with E-state index in [-0.39, 0.29) is 32.0 Å². The fourth-order valence-electron chi connectivity index (χ4n) is 5.26. The van der Waals surface area contributed by atoms with Crippen LogP contribution < -0.4 is 0 Å². The number of rotatable bonds is 36. The molecule has 1 N–H and O–H groups in total. The number of phosphoric ester groups is 1. The molecule has 0 aromatic carbocycles. The fraction of sp³-hybridized carbons (Fsp3) is 0.850. The van der Waals surface area contributed by atoms with Crippen LogP contribution in [0.2, 0.25) is 0 Å². The van der Waals surface area contributed by atoms with Crippen molar-refractivity contribution in [1.82, 2.24) is 0 Å². The second-order valence-corrected chi connectivity index (χ2v) is 16.1. The van der Waals surface area contributed by atoms with Crippen molar-refractivity contribution in [2.45, 2.75) is 174 Å². The van der Waals surface area contributed by atoms with Gasteiger partial charge in [0, 0.05) is 12.8 Å². The number of esters is 2. The lowest BCUT2D eigenvalue weighted by Gasteiger charge is -2.24. The van der Waals surface area contributed by atoms with Crippen LogP contribution in [0.25, 0.3) is 0 Å². The lowest BCUT2D eigenvalue weighted by Crippen LogP contribution is -2.37. The Hall–Kier alpha value is -1.51. The van der Waals surface area contributed by atoms with Crippen LogP contribution in [0.4, 0.5) is 0 Å². The number of ether oxygens (including phenoxy) is 2. The van der Waals surface area contributed by atoms with Crippen molar-refractivity contribution < 1.29 is 42.1 Å². The number of hydrogen-bond donors (Lipinski definition) is 1. The van der Waals surface area contributed by atoms with Crippen molar-refractivity contribution in [2.24, 2.45) is 0 Å². The van der Waals surface area contributed by atoms with Crippen molar-refractivity contribution >= 4 is 19.8 Å². The van der Waals surface area contributed by atoms with E-state index in [0.29, 0.717) is 17.4 Å². The summed E-state index contributed by atoms with van der Waals surface area (Å²) in [5, 5.41) is 0. The molecule has 10 heteroatoms. The molecule has 0 heterocycles. The third-order valence-corrected chi connectivity index (χ3v) is 9.47. The molecule has 0 aliphatic carbocycles. The van der Waals surface area contributed by atoms with E-state index < -0.39 is 26.5 Å². The van der Waals surface area contributed by atoms with E-state index >= 15 is 0 Å². The van der Waals surface area contributed by atoms with Crippen molar-refractivity contribution in [1.29, 1.82) is 0 Å². The highest BCUT2D eigenvalue weighted by molar-refractivity contribution is 7.47. The Balaban J connectivity index is 4.43. The zero-order valence-corrected chi connectivity index (χ0v) is 33.8. The average Bonchev–Trinajstić information content (AvgIpc) is 3.06. The van der Waals surface area contributed by atoms with E-state index in [1.807, 2.05) is 21.1 Å². The first-order chi connectivity index (χ1) is 24.0. The number of carbonyl (C=O) groups is 2. The second kappa shape index (κ2) is 33.3. The first-order valence-corrected chi connectivity index (χ1v) is 21.6. The number of hydrogen-bond acceptors (Lipinski definition) is 7. The minimum atomic E-state index is -4.37. The molecule has 50 heavy (non-hydrogen) atoms. The van der Waals surface area contributed by atoms with Crippen LogP contribution in [-0.4, -0.2) is 74.9 Å². The average molecular weight is 731 g/mol. The van der Waals surface area contributed by atoms with E-state index in [2.05, 4.69) is 38.2 Å². The maximum Gasteiger partial charge on any atom is 0.472 e. The molecule has 9 nitrogen and oxygen atoms in total. The smallest absolute Gasteiger partial charge is 0.462 e. The predicted octanol–water partition coefficient (Wildman–Crippen LogP) is 10.8. The number of nitrogens with zero attached hydrogens (tertiary/aromatic N) is 1. The summed E-state index contributed by atoms with van der Waals surface area (Å²) in [6, 6.07) is 0. The molecular formula is C40H77NO8P+. The van der Waals surface area contributed by atoms with E-state index in [9.17, 15) is 19.0 Å². The Kier molecular flexibility index (Phi) is 32.3. The van der Waals surface area contributed by atoms with Crippen LogP contribution in [0.1, 0.15) is 168 Å². The zero-order valence-electron chi connectivity index (χ0n) is 32.9. The predicted molar refractivity (Wildman–Crippen MR) is 206 cm³/mol. The Bertz CT molecular complexity index is 918. The molecule has 0 aliphatic heterocycles. The largest absolute Gasteiger partial charge is 0.472 e. The summed E-state index contributed by atoms with van der Waals surface area (Å²) in [6.45, 7) is 4.35. The van der Waals surface area contributed by atoms with Gasteiger partial charge in [-0.1, -0.05) is 141 Å². The third kappa shape index (κ3) is 36.3.